The molecule has 0 N–H and O–H groups in total. The van der Waals surface area contributed by atoms with Crippen LogP contribution in [-0.2, 0) is 0 Å². The lowest BCUT2D eigenvalue weighted by Crippen LogP contribution is -1.92. The van der Waals surface area contributed by atoms with Gasteiger partial charge in [0, 0.05) is 22.7 Å². The number of benzene rings is 2. The van der Waals surface area contributed by atoms with Gasteiger partial charge in [0.25, 0.3) is 0 Å². The minimum Gasteiger partial charge on any atom is -0.256 e. The third-order valence-corrected chi connectivity index (χ3v) is 4.46. The summed E-state index contributed by atoms with van der Waals surface area (Å²) in [6.45, 7) is 8.55. The summed E-state index contributed by atoms with van der Waals surface area (Å²) in [5.41, 5.74) is 6.57. The number of allylic oxidation sites excluding steroid dienone is 7. The van der Waals surface area contributed by atoms with Crippen molar-refractivity contribution >= 4 is 16.5 Å². The first-order valence-corrected chi connectivity index (χ1v) is 9.34. The van der Waals surface area contributed by atoms with E-state index >= 15 is 0 Å². The summed E-state index contributed by atoms with van der Waals surface area (Å²) in [7, 11) is 0. The number of hydrogen-bond acceptors (Lipinski definition) is 1. The summed E-state index contributed by atoms with van der Waals surface area (Å²) in [5, 5.41) is 1.15. The molecule has 0 fully saturated rings. The van der Waals surface area contributed by atoms with Crippen LogP contribution in [0.1, 0.15) is 25.8 Å². The summed E-state index contributed by atoms with van der Waals surface area (Å²) >= 11 is 0. The van der Waals surface area contributed by atoms with E-state index in [0.717, 1.165) is 28.5 Å². The van der Waals surface area contributed by atoms with Crippen LogP contribution in [-0.4, -0.2) is 4.98 Å². The molecular weight excluding hydrogens is 326 g/mol. The number of para-hydroxylation sites is 1. The van der Waals surface area contributed by atoms with E-state index in [-0.39, 0.29) is 0 Å². The number of aromatic nitrogens is 1. The van der Waals surface area contributed by atoms with Crippen molar-refractivity contribution in [1.82, 2.24) is 4.98 Å². The first-order valence-electron chi connectivity index (χ1n) is 9.34. The second-order valence-corrected chi connectivity index (χ2v) is 6.54. The zero-order valence-electron chi connectivity index (χ0n) is 16.0. The Labute approximate surface area is 162 Å². The summed E-state index contributed by atoms with van der Waals surface area (Å²) in [5.74, 6) is 0. The van der Waals surface area contributed by atoms with Crippen molar-refractivity contribution in [3.05, 3.63) is 109 Å². The van der Waals surface area contributed by atoms with Crippen LogP contribution in [0.3, 0.4) is 0 Å². The first-order chi connectivity index (χ1) is 13.2. The van der Waals surface area contributed by atoms with Crippen molar-refractivity contribution in [2.45, 2.75) is 20.3 Å². The predicted molar refractivity (Wildman–Crippen MR) is 119 cm³/mol. The molecule has 3 rings (SSSR count). The van der Waals surface area contributed by atoms with Gasteiger partial charge >= 0.3 is 0 Å². The van der Waals surface area contributed by atoms with Gasteiger partial charge in [-0.1, -0.05) is 98.0 Å². The molecule has 0 radical (unpaired) electrons. The second-order valence-electron chi connectivity index (χ2n) is 6.54. The minimum absolute atomic E-state index is 0.958. The maximum atomic E-state index is 4.66. The average molecular weight is 351 g/mol. The van der Waals surface area contributed by atoms with Crippen LogP contribution in [0.4, 0.5) is 0 Å². The van der Waals surface area contributed by atoms with E-state index in [2.05, 4.69) is 98.3 Å². The van der Waals surface area contributed by atoms with Crippen LogP contribution in [0.25, 0.3) is 27.6 Å². The lowest BCUT2D eigenvalue weighted by molar-refractivity contribution is 1.22. The maximum Gasteiger partial charge on any atom is 0.0708 e. The van der Waals surface area contributed by atoms with Gasteiger partial charge in [-0.3, -0.25) is 4.98 Å². The van der Waals surface area contributed by atoms with Crippen LogP contribution >= 0.6 is 0 Å². The summed E-state index contributed by atoms with van der Waals surface area (Å²) in [6, 6.07) is 18.7. The molecule has 0 unspecified atom stereocenters. The summed E-state index contributed by atoms with van der Waals surface area (Å²) in [4.78, 5) is 4.66. The Bertz CT molecular complexity index is 1020. The predicted octanol–water partition coefficient (Wildman–Crippen LogP) is 7.38. The average Bonchev–Trinajstić information content (AvgIpc) is 2.72. The molecule has 0 bridgehead atoms. The molecule has 2 aromatic carbocycles. The summed E-state index contributed by atoms with van der Waals surface area (Å²) < 4.78 is 0. The molecule has 1 heterocycles. The highest BCUT2D eigenvalue weighted by atomic mass is 14.7. The van der Waals surface area contributed by atoms with Gasteiger partial charge in [-0.05, 0) is 30.5 Å². The molecule has 1 aromatic heterocycles. The number of hydrogen-bond donors (Lipinski definition) is 0. The topological polar surface area (TPSA) is 12.9 Å². The van der Waals surface area contributed by atoms with Crippen LogP contribution in [0, 0.1) is 0 Å². The van der Waals surface area contributed by atoms with Gasteiger partial charge in [0.1, 0.15) is 0 Å². The molecule has 27 heavy (non-hydrogen) atoms. The standard InChI is InChI=1S/C26H25N/c1-4-5-7-12-20(2)17-18-21(3)24-19-27-25-16-11-10-15-23(25)26(24)22-13-8-6-9-14-22/h5-19H,3-4H2,1-2H3/b7-5-,18-17+,20-12+. The van der Waals surface area contributed by atoms with Gasteiger partial charge in [0.15, 0.2) is 0 Å². The lowest BCUT2D eigenvalue weighted by Gasteiger charge is -2.13. The van der Waals surface area contributed by atoms with Gasteiger partial charge in [-0.15, -0.1) is 0 Å². The Balaban J connectivity index is 2.05. The molecule has 0 saturated carbocycles. The van der Waals surface area contributed by atoms with Crippen molar-refractivity contribution in [3.8, 4) is 11.1 Å². The Morgan fingerprint density at radius 3 is 2.52 bits per heavy atom. The highest BCUT2D eigenvalue weighted by Crippen LogP contribution is 2.34. The minimum atomic E-state index is 0.958. The summed E-state index contributed by atoms with van der Waals surface area (Å²) in [6.07, 6.45) is 13.5. The van der Waals surface area contributed by atoms with Crippen molar-refractivity contribution in [3.63, 3.8) is 0 Å². The van der Waals surface area contributed by atoms with Gasteiger partial charge < -0.3 is 0 Å². The van der Waals surface area contributed by atoms with Gasteiger partial charge in [-0.25, -0.2) is 0 Å². The fraction of sp³-hybridized carbons (Fsp3) is 0.115. The van der Waals surface area contributed by atoms with Crippen molar-refractivity contribution in [2.75, 3.05) is 0 Å². The molecule has 134 valence electrons. The van der Waals surface area contributed by atoms with Crippen molar-refractivity contribution in [1.29, 1.82) is 0 Å². The quantitative estimate of drug-likeness (QED) is 0.422. The molecule has 0 spiro atoms. The van der Waals surface area contributed by atoms with Crippen LogP contribution < -0.4 is 0 Å². The van der Waals surface area contributed by atoms with E-state index in [1.165, 1.54) is 16.7 Å². The monoisotopic (exact) mass is 351 g/mol. The zero-order chi connectivity index (χ0) is 19.1. The molecule has 1 nitrogen and oxygen atoms in total. The van der Waals surface area contributed by atoms with E-state index in [1.54, 1.807) is 0 Å². The Kier molecular flexibility index (Phi) is 6.17. The molecule has 3 aromatic rings. The van der Waals surface area contributed by atoms with Crippen LogP contribution in [0.15, 0.2) is 103 Å². The second kappa shape index (κ2) is 8.95. The smallest absolute Gasteiger partial charge is 0.0708 e. The van der Waals surface area contributed by atoms with Gasteiger partial charge in [-0.2, -0.15) is 0 Å². The van der Waals surface area contributed by atoms with Crippen LogP contribution in [0.5, 0.6) is 0 Å². The third kappa shape index (κ3) is 4.51. The normalized spacial score (nSPS) is 12.3. The largest absolute Gasteiger partial charge is 0.256 e. The first kappa shape index (κ1) is 18.6. The van der Waals surface area contributed by atoms with E-state index in [4.69, 9.17) is 0 Å². The number of nitrogens with zero attached hydrogens (tertiary/aromatic N) is 1. The molecular formula is C26H25N. The lowest BCUT2D eigenvalue weighted by atomic mass is 9.92. The van der Waals surface area contributed by atoms with E-state index in [1.807, 2.05) is 18.3 Å². The van der Waals surface area contributed by atoms with Gasteiger partial charge in [0.05, 0.1) is 5.52 Å². The number of rotatable bonds is 6. The molecule has 0 saturated heterocycles. The zero-order valence-corrected chi connectivity index (χ0v) is 16.0. The molecule has 0 atom stereocenters. The highest BCUT2D eigenvalue weighted by molar-refractivity contribution is 6.01. The SMILES string of the molecule is C=C(/C=C/C(C)=C/C=C\CC)c1cnc2ccccc2c1-c1ccccc1. The molecule has 0 aliphatic carbocycles. The van der Waals surface area contributed by atoms with Crippen molar-refractivity contribution < 1.29 is 0 Å². The maximum absolute atomic E-state index is 4.66. The number of pyridine rings is 1. The third-order valence-electron chi connectivity index (χ3n) is 4.46. The van der Waals surface area contributed by atoms with Gasteiger partial charge in [0.2, 0.25) is 0 Å². The molecule has 0 amide bonds. The highest BCUT2D eigenvalue weighted by Gasteiger charge is 2.11. The molecule has 1 heteroatoms. The Morgan fingerprint density at radius 1 is 1.00 bits per heavy atom. The fourth-order valence-corrected chi connectivity index (χ4v) is 3.03. The fourth-order valence-electron chi connectivity index (χ4n) is 3.03. The number of fused-ring (bicyclic) bond motifs is 1. The molecule has 0 aliphatic rings. The Hall–Kier alpha value is -3.19. The Morgan fingerprint density at radius 2 is 1.74 bits per heavy atom. The van der Waals surface area contributed by atoms with Crippen molar-refractivity contribution in [2.24, 2.45) is 0 Å². The van der Waals surface area contributed by atoms with E-state index in [9.17, 15) is 0 Å². The van der Waals surface area contributed by atoms with E-state index < -0.39 is 0 Å². The molecule has 0 aliphatic heterocycles. The van der Waals surface area contributed by atoms with Crippen LogP contribution in [0.2, 0.25) is 0 Å². The van der Waals surface area contributed by atoms with E-state index in [0.29, 0.717) is 0 Å².